The number of piperazine rings is 1. The van der Waals surface area contributed by atoms with Crippen molar-refractivity contribution in [3.63, 3.8) is 0 Å². The number of rotatable bonds is 4. The molecule has 2 amide bonds. The summed E-state index contributed by atoms with van der Waals surface area (Å²) in [5, 5.41) is 16.3. The Labute approximate surface area is 165 Å². The van der Waals surface area contributed by atoms with Crippen molar-refractivity contribution < 1.29 is 14.7 Å². The largest absolute Gasteiger partial charge is 0.465 e. The number of hydrogen-bond donors (Lipinski definition) is 3. The van der Waals surface area contributed by atoms with Crippen LogP contribution in [0.1, 0.15) is 18.4 Å². The van der Waals surface area contributed by atoms with Crippen molar-refractivity contribution in [3.8, 4) is 0 Å². The summed E-state index contributed by atoms with van der Waals surface area (Å²) in [6.07, 6.45) is 0.855. The van der Waals surface area contributed by atoms with E-state index in [1.807, 2.05) is 18.0 Å². The minimum absolute atomic E-state index is 0.0569. The zero-order valence-electron chi connectivity index (χ0n) is 16.4. The van der Waals surface area contributed by atoms with Crippen LogP contribution in [0.25, 0.3) is 0 Å². The van der Waals surface area contributed by atoms with E-state index in [4.69, 9.17) is 0 Å². The van der Waals surface area contributed by atoms with Crippen molar-refractivity contribution >= 4 is 12.0 Å². The molecule has 1 aromatic rings. The third-order valence-corrected chi connectivity index (χ3v) is 6.36. The van der Waals surface area contributed by atoms with Gasteiger partial charge in [0.15, 0.2) is 0 Å². The number of likely N-dealkylation sites (tertiary alicyclic amines) is 1. The number of hydrogen-bond acceptors (Lipinski definition) is 5. The van der Waals surface area contributed by atoms with Crippen LogP contribution in [0.2, 0.25) is 0 Å². The molecular weight excluding hydrogens is 358 g/mol. The lowest BCUT2D eigenvalue weighted by Gasteiger charge is -2.46. The zero-order chi connectivity index (χ0) is 19.8. The third kappa shape index (κ3) is 3.47. The highest BCUT2D eigenvalue weighted by Crippen LogP contribution is 2.37. The molecule has 0 bridgehead atoms. The highest BCUT2D eigenvalue weighted by atomic mass is 16.4. The number of carboxylic acid groups (broad SMARTS) is 1. The van der Waals surface area contributed by atoms with E-state index in [1.165, 1.54) is 10.5 Å². The van der Waals surface area contributed by atoms with Gasteiger partial charge in [-0.3, -0.25) is 19.9 Å². The maximum atomic E-state index is 12.7. The topological polar surface area (TPSA) is 88.2 Å². The Balaban J connectivity index is 1.47. The first kappa shape index (κ1) is 19.2. The second kappa shape index (κ2) is 7.35. The minimum Gasteiger partial charge on any atom is -0.465 e. The van der Waals surface area contributed by atoms with Gasteiger partial charge in [0.2, 0.25) is 5.91 Å². The molecule has 1 unspecified atom stereocenters. The van der Waals surface area contributed by atoms with Gasteiger partial charge in [-0.2, -0.15) is 0 Å². The van der Waals surface area contributed by atoms with Crippen molar-refractivity contribution in [2.45, 2.75) is 30.6 Å². The van der Waals surface area contributed by atoms with Gasteiger partial charge >= 0.3 is 6.09 Å². The monoisotopic (exact) mass is 387 g/mol. The van der Waals surface area contributed by atoms with Crippen molar-refractivity contribution in [2.75, 3.05) is 46.3 Å². The van der Waals surface area contributed by atoms with Crippen LogP contribution in [-0.4, -0.2) is 89.3 Å². The number of nitrogens with zero attached hydrogens (tertiary/aromatic N) is 3. The van der Waals surface area contributed by atoms with Gasteiger partial charge in [-0.15, -0.1) is 0 Å². The molecule has 8 heteroatoms. The molecule has 3 aliphatic rings. The SMILES string of the molecule is CNCC12CN(C(=O)O)CC(=O)N1CC1(CCN(Cc3ccccc3)CC1)N2. The molecule has 152 valence electrons. The molecule has 0 aliphatic carbocycles. The van der Waals surface area contributed by atoms with Crippen LogP contribution >= 0.6 is 0 Å². The third-order valence-electron chi connectivity index (χ3n) is 6.36. The fraction of sp³-hybridized carbons (Fsp3) is 0.600. The molecule has 0 radical (unpaired) electrons. The summed E-state index contributed by atoms with van der Waals surface area (Å²) in [6, 6.07) is 10.5. The number of carbonyl (C=O) groups is 2. The van der Waals surface area contributed by atoms with E-state index in [0.717, 1.165) is 32.5 Å². The van der Waals surface area contributed by atoms with Crippen molar-refractivity contribution in [2.24, 2.45) is 0 Å². The van der Waals surface area contributed by atoms with Crippen LogP contribution < -0.4 is 10.6 Å². The van der Waals surface area contributed by atoms with E-state index in [9.17, 15) is 14.7 Å². The van der Waals surface area contributed by atoms with E-state index in [-0.39, 0.29) is 18.0 Å². The smallest absolute Gasteiger partial charge is 0.407 e. The van der Waals surface area contributed by atoms with Crippen LogP contribution in [0.3, 0.4) is 0 Å². The van der Waals surface area contributed by atoms with E-state index in [1.54, 1.807) is 0 Å². The van der Waals surface area contributed by atoms with Crippen LogP contribution in [0.5, 0.6) is 0 Å². The summed E-state index contributed by atoms with van der Waals surface area (Å²) in [7, 11) is 1.84. The quantitative estimate of drug-likeness (QED) is 0.692. The van der Waals surface area contributed by atoms with Crippen molar-refractivity contribution in [1.82, 2.24) is 25.3 Å². The van der Waals surface area contributed by atoms with Crippen LogP contribution in [0, 0.1) is 0 Å². The van der Waals surface area contributed by atoms with Gasteiger partial charge in [0.25, 0.3) is 0 Å². The fourth-order valence-corrected chi connectivity index (χ4v) is 5.01. The van der Waals surface area contributed by atoms with Gasteiger partial charge in [0.1, 0.15) is 12.2 Å². The van der Waals surface area contributed by atoms with E-state index in [2.05, 4.69) is 39.8 Å². The standard InChI is InChI=1S/C20H29N5O3/c1-21-13-20-15-24(18(27)28)12-17(26)25(20)14-19(22-20)7-9-23(10-8-19)11-16-5-3-2-4-6-16/h2-6,21-22H,7-15H2,1H3,(H,27,28). The molecule has 4 rings (SSSR count). The lowest BCUT2D eigenvalue weighted by atomic mass is 9.88. The molecule has 1 atom stereocenters. The van der Waals surface area contributed by atoms with Gasteiger partial charge in [-0.25, -0.2) is 4.79 Å². The van der Waals surface area contributed by atoms with Gasteiger partial charge in [-0.1, -0.05) is 30.3 Å². The molecule has 1 aromatic carbocycles. The first-order valence-electron chi connectivity index (χ1n) is 9.94. The Morgan fingerprint density at radius 1 is 1.21 bits per heavy atom. The predicted octanol–water partition coefficient (Wildman–Crippen LogP) is 0.362. The molecule has 3 saturated heterocycles. The Kier molecular flexibility index (Phi) is 5.03. The minimum atomic E-state index is -1.04. The molecule has 3 N–H and O–H groups in total. The normalized spacial score (nSPS) is 27.2. The Bertz CT molecular complexity index is 735. The number of fused-ring (bicyclic) bond motifs is 1. The van der Waals surface area contributed by atoms with E-state index >= 15 is 0 Å². The van der Waals surface area contributed by atoms with Crippen LogP contribution in [0.4, 0.5) is 4.79 Å². The molecule has 1 spiro atoms. The number of amides is 2. The molecule has 3 aliphatic heterocycles. The van der Waals surface area contributed by atoms with Gasteiger partial charge in [-0.05, 0) is 25.5 Å². The summed E-state index contributed by atoms with van der Waals surface area (Å²) < 4.78 is 0. The van der Waals surface area contributed by atoms with Gasteiger partial charge in [0, 0.05) is 38.3 Å². The lowest BCUT2D eigenvalue weighted by molar-refractivity contribution is -0.142. The van der Waals surface area contributed by atoms with Gasteiger partial charge < -0.3 is 15.3 Å². The molecule has 3 fully saturated rings. The van der Waals surface area contributed by atoms with E-state index in [0.29, 0.717) is 19.6 Å². The lowest BCUT2D eigenvalue weighted by Crippen LogP contribution is -2.71. The zero-order valence-corrected chi connectivity index (χ0v) is 16.4. The summed E-state index contributed by atoms with van der Waals surface area (Å²) in [5.41, 5.74) is 0.507. The number of nitrogens with one attached hydrogen (secondary N) is 2. The highest BCUT2D eigenvalue weighted by molar-refractivity contribution is 5.84. The number of likely N-dealkylation sites (N-methyl/N-ethyl adjacent to an activating group) is 1. The molecule has 3 heterocycles. The summed E-state index contributed by atoms with van der Waals surface area (Å²) in [4.78, 5) is 29.8. The fourth-order valence-electron chi connectivity index (χ4n) is 5.01. The summed E-state index contributed by atoms with van der Waals surface area (Å²) >= 11 is 0. The molecular formula is C20H29N5O3. The van der Waals surface area contributed by atoms with Crippen LogP contribution in [0.15, 0.2) is 30.3 Å². The second-order valence-electron chi connectivity index (χ2n) is 8.35. The maximum Gasteiger partial charge on any atom is 0.407 e. The van der Waals surface area contributed by atoms with Gasteiger partial charge in [0.05, 0.1) is 6.54 Å². The van der Waals surface area contributed by atoms with E-state index < -0.39 is 11.8 Å². The average Bonchev–Trinajstić information content (AvgIpc) is 2.99. The van der Waals surface area contributed by atoms with Crippen LogP contribution in [-0.2, 0) is 11.3 Å². The Morgan fingerprint density at radius 3 is 2.57 bits per heavy atom. The van der Waals surface area contributed by atoms with Crippen molar-refractivity contribution in [1.29, 1.82) is 0 Å². The van der Waals surface area contributed by atoms with Crippen molar-refractivity contribution in [3.05, 3.63) is 35.9 Å². The highest BCUT2D eigenvalue weighted by Gasteiger charge is 2.57. The number of carbonyl (C=O) groups excluding carboxylic acids is 1. The first-order chi connectivity index (χ1) is 13.5. The molecule has 0 aromatic heterocycles. The average molecular weight is 387 g/mol. The Hall–Kier alpha value is -2.16. The maximum absolute atomic E-state index is 12.7. The summed E-state index contributed by atoms with van der Waals surface area (Å²) in [6.45, 7) is 4.28. The Morgan fingerprint density at radius 2 is 1.93 bits per heavy atom. The summed E-state index contributed by atoms with van der Waals surface area (Å²) in [5.74, 6) is -0.111. The second-order valence-corrected chi connectivity index (χ2v) is 8.35. The predicted molar refractivity (Wildman–Crippen MR) is 105 cm³/mol. The number of benzene rings is 1. The number of piperidine rings is 1. The first-order valence-corrected chi connectivity index (χ1v) is 9.94. The molecule has 0 saturated carbocycles. The molecule has 8 nitrogen and oxygen atoms in total. The molecule has 28 heavy (non-hydrogen) atoms.